The summed E-state index contributed by atoms with van der Waals surface area (Å²) in [5.41, 5.74) is 1.80. The van der Waals surface area contributed by atoms with Gasteiger partial charge in [-0.05, 0) is 57.7 Å². The maximum Gasteiger partial charge on any atom is 0.338 e. The minimum absolute atomic E-state index is 0.00446. The topological polar surface area (TPSA) is 87.3 Å². The molecule has 25 heavy (non-hydrogen) atoms. The second kappa shape index (κ2) is 7.04. The molecule has 1 fully saturated rings. The molecule has 1 aromatic heterocycles. The summed E-state index contributed by atoms with van der Waals surface area (Å²) in [6.07, 6.45) is 5.19. The van der Waals surface area contributed by atoms with Crippen LogP contribution in [0.3, 0.4) is 0 Å². The lowest BCUT2D eigenvalue weighted by atomic mass is 9.98. The highest BCUT2D eigenvalue weighted by molar-refractivity contribution is 5.90. The quantitative estimate of drug-likeness (QED) is 0.477. The van der Waals surface area contributed by atoms with Crippen molar-refractivity contribution in [2.75, 3.05) is 0 Å². The molecule has 0 N–H and O–H groups in total. The van der Waals surface area contributed by atoms with E-state index in [1.165, 1.54) is 11.1 Å². The highest BCUT2D eigenvalue weighted by Gasteiger charge is 2.23. The van der Waals surface area contributed by atoms with Gasteiger partial charge in [0, 0.05) is 0 Å². The van der Waals surface area contributed by atoms with Gasteiger partial charge in [-0.3, -0.25) is 10.1 Å². The van der Waals surface area contributed by atoms with E-state index in [4.69, 9.17) is 4.74 Å². The first-order valence-corrected chi connectivity index (χ1v) is 8.49. The summed E-state index contributed by atoms with van der Waals surface area (Å²) in [5, 5.41) is 15.4. The maximum absolute atomic E-state index is 12.4. The fourth-order valence-corrected chi connectivity index (χ4v) is 3.32. The number of nitro groups is 1. The average Bonchev–Trinajstić information content (AvgIpc) is 2.90. The van der Waals surface area contributed by atoms with Gasteiger partial charge in [0.05, 0.1) is 16.2 Å². The fraction of sp³-hybridized carbons (Fsp3) is 0.444. The van der Waals surface area contributed by atoms with E-state index in [-0.39, 0.29) is 17.8 Å². The van der Waals surface area contributed by atoms with Gasteiger partial charge in [0.25, 0.3) is 0 Å². The zero-order valence-electron chi connectivity index (χ0n) is 14.4. The van der Waals surface area contributed by atoms with Crippen LogP contribution in [0.25, 0.3) is 5.69 Å². The Morgan fingerprint density at radius 2 is 2.00 bits per heavy atom. The Balaban J connectivity index is 1.85. The molecule has 1 saturated carbocycles. The van der Waals surface area contributed by atoms with Crippen molar-refractivity contribution in [2.24, 2.45) is 0 Å². The molecule has 0 radical (unpaired) electrons. The molecule has 132 valence electrons. The third kappa shape index (κ3) is 3.55. The van der Waals surface area contributed by atoms with Gasteiger partial charge in [-0.15, -0.1) is 0 Å². The first kappa shape index (κ1) is 17.1. The number of ether oxygens (including phenoxy) is 1. The predicted octanol–water partition coefficient (Wildman–Crippen LogP) is 3.89. The normalized spacial score (nSPS) is 15.1. The van der Waals surface area contributed by atoms with Crippen molar-refractivity contribution < 1.29 is 14.5 Å². The molecular weight excluding hydrogens is 322 g/mol. The van der Waals surface area contributed by atoms with Crippen molar-refractivity contribution in [3.63, 3.8) is 0 Å². The molecule has 0 unspecified atom stereocenters. The van der Waals surface area contributed by atoms with Crippen LogP contribution in [0.5, 0.6) is 0 Å². The summed E-state index contributed by atoms with van der Waals surface area (Å²) in [6, 6.07) is 6.85. The van der Waals surface area contributed by atoms with Crippen LogP contribution in [0.4, 0.5) is 5.69 Å². The van der Waals surface area contributed by atoms with E-state index in [0.717, 1.165) is 25.7 Å². The minimum Gasteiger partial charge on any atom is -0.459 e. The van der Waals surface area contributed by atoms with Crippen LogP contribution in [-0.4, -0.2) is 26.8 Å². The second-order valence-corrected chi connectivity index (χ2v) is 6.40. The van der Waals surface area contributed by atoms with E-state index in [0.29, 0.717) is 22.6 Å². The average molecular weight is 343 g/mol. The molecule has 0 amide bonds. The molecule has 1 heterocycles. The zero-order valence-corrected chi connectivity index (χ0v) is 14.4. The minimum atomic E-state index is -0.435. The number of aryl methyl sites for hydroxylation is 1. The van der Waals surface area contributed by atoms with Crippen LogP contribution >= 0.6 is 0 Å². The largest absolute Gasteiger partial charge is 0.459 e. The van der Waals surface area contributed by atoms with Gasteiger partial charge in [-0.1, -0.05) is 12.5 Å². The van der Waals surface area contributed by atoms with Gasteiger partial charge in [-0.25, -0.2) is 9.48 Å². The van der Waals surface area contributed by atoms with Crippen molar-refractivity contribution in [1.29, 1.82) is 0 Å². The lowest BCUT2D eigenvalue weighted by Gasteiger charge is -2.21. The Bertz CT molecular complexity index is 807. The number of hydrogen-bond donors (Lipinski definition) is 0. The van der Waals surface area contributed by atoms with Crippen molar-refractivity contribution in [3.05, 3.63) is 51.3 Å². The Morgan fingerprint density at radius 3 is 2.64 bits per heavy atom. The van der Waals surface area contributed by atoms with Crippen molar-refractivity contribution >= 4 is 11.7 Å². The number of nitrogens with zero attached hydrogens (tertiary/aromatic N) is 3. The van der Waals surface area contributed by atoms with Crippen molar-refractivity contribution in [2.45, 2.75) is 52.1 Å². The van der Waals surface area contributed by atoms with Gasteiger partial charge in [0.1, 0.15) is 17.5 Å². The van der Waals surface area contributed by atoms with Crippen LogP contribution in [0.2, 0.25) is 0 Å². The molecule has 0 bridgehead atoms. The molecule has 0 aliphatic heterocycles. The van der Waals surface area contributed by atoms with Crippen molar-refractivity contribution in [1.82, 2.24) is 9.78 Å². The summed E-state index contributed by atoms with van der Waals surface area (Å²) in [5.74, 6) is -0.357. The molecule has 1 aliphatic rings. The van der Waals surface area contributed by atoms with Crippen LogP contribution in [0.1, 0.15) is 53.8 Å². The van der Waals surface area contributed by atoms with E-state index < -0.39 is 4.92 Å². The highest BCUT2D eigenvalue weighted by Crippen LogP contribution is 2.26. The SMILES string of the molecule is Cc1nn(-c2cccc(C(=O)OC3CCCCC3)c2)c(C)c1[N+](=O)[O-]. The lowest BCUT2D eigenvalue weighted by molar-refractivity contribution is -0.386. The van der Waals surface area contributed by atoms with E-state index in [1.807, 2.05) is 0 Å². The standard InChI is InChI=1S/C18H21N3O4/c1-12-17(21(23)24)13(2)20(19-12)15-8-6-7-14(11-15)18(22)25-16-9-4-3-5-10-16/h6-8,11,16H,3-5,9-10H2,1-2H3. The van der Waals surface area contributed by atoms with Crippen molar-refractivity contribution in [3.8, 4) is 5.69 Å². The van der Waals surface area contributed by atoms with E-state index >= 15 is 0 Å². The summed E-state index contributed by atoms with van der Waals surface area (Å²) >= 11 is 0. The lowest BCUT2D eigenvalue weighted by Crippen LogP contribution is -2.21. The number of rotatable bonds is 4. The number of carbonyl (C=O) groups excluding carboxylic acids is 1. The second-order valence-electron chi connectivity index (χ2n) is 6.40. The molecule has 3 rings (SSSR count). The number of hydrogen-bond acceptors (Lipinski definition) is 5. The number of benzene rings is 1. The molecule has 7 nitrogen and oxygen atoms in total. The highest BCUT2D eigenvalue weighted by atomic mass is 16.6. The van der Waals surface area contributed by atoms with E-state index in [2.05, 4.69) is 5.10 Å². The first-order valence-electron chi connectivity index (χ1n) is 8.49. The van der Waals surface area contributed by atoms with Crippen LogP contribution in [-0.2, 0) is 4.74 Å². The summed E-state index contributed by atoms with van der Waals surface area (Å²) in [7, 11) is 0. The van der Waals surface area contributed by atoms with Gasteiger partial charge in [-0.2, -0.15) is 5.10 Å². The Hall–Kier alpha value is -2.70. The molecule has 1 aliphatic carbocycles. The Labute approximate surface area is 145 Å². The van der Waals surface area contributed by atoms with Gasteiger partial charge in [0.15, 0.2) is 0 Å². The van der Waals surface area contributed by atoms with Gasteiger partial charge in [0.2, 0.25) is 0 Å². The first-order chi connectivity index (χ1) is 12.0. The summed E-state index contributed by atoms with van der Waals surface area (Å²) < 4.78 is 7.08. The summed E-state index contributed by atoms with van der Waals surface area (Å²) in [6.45, 7) is 3.24. The molecule has 0 atom stereocenters. The molecule has 7 heteroatoms. The smallest absolute Gasteiger partial charge is 0.338 e. The zero-order chi connectivity index (χ0) is 18.0. The van der Waals surface area contributed by atoms with E-state index in [9.17, 15) is 14.9 Å². The Morgan fingerprint density at radius 1 is 1.28 bits per heavy atom. The van der Waals surface area contributed by atoms with E-state index in [1.54, 1.807) is 38.1 Å². The molecular formula is C18H21N3O4. The summed E-state index contributed by atoms with van der Waals surface area (Å²) in [4.78, 5) is 23.1. The molecule has 0 spiro atoms. The Kier molecular flexibility index (Phi) is 4.83. The van der Waals surface area contributed by atoms with Gasteiger partial charge < -0.3 is 4.74 Å². The molecule has 0 saturated heterocycles. The van der Waals surface area contributed by atoms with Crippen LogP contribution in [0, 0.1) is 24.0 Å². The number of aromatic nitrogens is 2. The van der Waals surface area contributed by atoms with Crippen LogP contribution < -0.4 is 0 Å². The fourth-order valence-electron chi connectivity index (χ4n) is 3.32. The third-order valence-electron chi connectivity index (χ3n) is 4.59. The molecule has 2 aromatic rings. The predicted molar refractivity (Wildman–Crippen MR) is 92.0 cm³/mol. The monoisotopic (exact) mass is 343 g/mol. The third-order valence-corrected chi connectivity index (χ3v) is 4.59. The number of carbonyl (C=O) groups is 1. The van der Waals surface area contributed by atoms with Crippen LogP contribution in [0.15, 0.2) is 24.3 Å². The van der Waals surface area contributed by atoms with Gasteiger partial charge >= 0.3 is 11.7 Å². The number of esters is 1. The maximum atomic E-state index is 12.4. The molecule has 1 aromatic carbocycles.